The van der Waals surface area contributed by atoms with Crippen molar-refractivity contribution in [2.45, 2.75) is 115 Å². The van der Waals surface area contributed by atoms with Gasteiger partial charge in [-0.3, -0.25) is 38.5 Å². The average Bonchev–Trinajstić information content (AvgIpc) is 4.18. The number of nitrogens with zero attached hydrogens (tertiary/aromatic N) is 10. The van der Waals surface area contributed by atoms with Gasteiger partial charge in [-0.2, -0.15) is 0 Å². The number of hydrogen-bond acceptors (Lipinski definition) is 16. The van der Waals surface area contributed by atoms with Crippen LogP contribution in [0.5, 0.6) is 11.5 Å². The molecule has 6 heterocycles. The second-order valence-corrected chi connectivity index (χ2v) is 21.4. The number of halogens is 5. The van der Waals surface area contributed by atoms with E-state index in [1.165, 1.54) is 37.6 Å². The van der Waals surface area contributed by atoms with E-state index in [2.05, 4.69) is 20.4 Å². The molecule has 2 amide bonds. The molecule has 0 unspecified atom stereocenters. The summed E-state index contributed by atoms with van der Waals surface area (Å²) in [6, 6.07) is 6.68. The average molecular weight is 1150 g/mol. The van der Waals surface area contributed by atoms with E-state index >= 15 is 0 Å². The fraction of sp³-hybridized carbons (Fsp3) is 0.472. The fourth-order valence-electron chi connectivity index (χ4n) is 11.4. The van der Waals surface area contributed by atoms with Gasteiger partial charge in [0.05, 0.1) is 30.4 Å². The van der Waals surface area contributed by atoms with E-state index in [4.69, 9.17) is 14.2 Å². The number of fused-ring (bicyclic) bond motifs is 2. The molecule has 2 aliphatic heterocycles. The third kappa shape index (κ3) is 11.2. The van der Waals surface area contributed by atoms with Crippen molar-refractivity contribution in [3.63, 3.8) is 0 Å². The Hall–Kier alpha value is -5.87. The minimum Gasteiger partial charge on any atom is -1.00 e. The number of carbonyl (C=O) groups excluding carboxylic acids is 2. The van der Waals surface area contributed by atoms with Gasteiger partial charge in [0.1, 0.15) is 44.6 Å². The summed E-state index contributed by atoms with van der Waals surface area (Å²) in [4.78, 5) is 57.8. The Kier molecular flexibility index (Phi) is 19.1. The molecule has 4 aliphatic rings. The van der Waals surface area contributed by atoms with Gasteiger partial charge in [-0.25, -0.2) is 17.6 Å². The van der Waals surface area contributed by atoms with Crippen LogP contribution >= 0.6 is 22.7 Å². The molecule has 2 aromatic carbocycles. The molecule has 26 heteroatoms. The van der Waals surface area contributed by atoms with E-state index < -0.39 is 57.1 Å². The van der Waals surface area contributed by atoms with Crippen molar-refractivity contribution >= 4 is 34.5 Å². The second kappa shape index (κ2) is 24.9. The number of rotatable bonds is 13. The van der Waals surface area contributed by atoms with Gasteiger partial charge < -0.3 is 41.5 Å². The van der Waals surface area contributed by atoms with E-state index in [0.29, 0.717) is 67.0 Å². The number of hydrogen-bond donors (Lipinski definition) is 1. The van der Waals surface area contributed by atoms with Crippen LogP contribution in [-0.4, -0.2) is 128 Å². The number of aromatic hydroxyl groups is 1. The zero-order valence-corrected chi connectivity index (χ0v) is 47.5. The van der Waals surface area contributed by atoms with Crippen LogP contribution < -0.4 is 56.9 Å². The predicted octanol–water partition coefficient (Wildman–Crippen LogP) is 1.63. The maximum atomic E-state index is 14.2. The molecule has 0 saturated heterocycles. The summed E-state index contributed by atoms with van der Waals surface area (Å²) >= 11 is 2.21. The van der Waals surface area contributed by atoms with Crippen molar-refractivity contribution in [2.75, 3.05) is 57.5 Å². The molecule has 2 aliphatic carbocycles. The number of pyridine rings is 2. The molecule has 2 spiro atoms. The Labute approximate surface area is 479 Å². The number of aromatic nitrogens is 6. The summed E-state index contributed by atoms with van der Waals surface area (Å²) in [5.41, 5.74) is -1.56. The Morgan fingerprint density at radius 3 is 1.43 bits per heavy atom. The third-order valence-electron chi connectivity index (χ3n) is 15.3. The largest absolute Gasteiger partial charge is 1.00 e. The molecule has 418 valence electrons. The van der Waals surface area contributed by atoms with E-state index in [1.807, 2.05) is 56.7 Å². The predicted molar refractivity (Wildman–Crippen MR) is 281 cm³/mol. The SMILES string of the molecule is CCOC1CCC2(CC1)N(CC)C(=O)c1c(O)c(=O)c(-c3nnc(Cc4ccc(F)cc4F)s3)cn1N2C.CCOC1CCC2(CC1)N(CC)C(=O)c1c(OC)c(=O)c(-c3nnc(Cc4ccc(F)cc4F)s3)cn1N2C.[Cl-].[Li+]. The normalized spacial score (nSPS) is 20.6. The zero-order valence-electron chi connectivity index (χ0n) is 45.2. The molecule has 0 atom stereocenters. The molecule has 0 radical (unpaired) electrons. The van der Waals surface area contributed by atoms with Gasteiger partial charge in [-0.1, -0.05) is 34.8 Å². The van der Waals surface area contributed by atoms with Gasteiger partial charge in [-0.15, -0.1) is 20.4 Å². The quantitative estimate of drug-likeness (QED) is 0.130. The van der Waals surface area contributed by atoms with Crippen LogP contribution in [0.4, 0.5) is 17.6 Å². The van der Waals surface area contributed by atoms with Crippen molar-refractivity contribution in [1.29, 1.82) is 0 Å². The molecular weight excluding hydrogens is 1090 g/mol. The Balaban J connectivity index is 0.000000223. The molecule has 6 aromatic rings. The molecule has 1 N–H and O–H groups in total. The Morgan fingerprint density at radius 2 is 1.04 bits per heavy atom. The van der Waals surface area contributed by atoms with Crippen LogP contribution in [0, 0.1) is 23.3 Å². The minimum absolute atomic E-state index is 0. The molecular formula is C53H60ClF4LiN10O8S2. The Morgan fingerprint density at radius 1 is 0.633 bits per heavy atom. The number of carbonyl (C=O) groups is 2. The van der Waals surface area contributed by atoms with Crippen molar-refractivity contribution in [1.82, 2.24) is 39.5 Å². The van der Waals surface area contributed by atoms with Crippen LogP contribution in [0.25, 0.3) is 21.1 Å². The topological polar surface area (TPSA) is 191 Å². The first-order chi connectivity index (χ1) is 36.9. The van der Waals surface area contributed by atoms with Crippen molar-refractivity contribution < 1.29 is 77.7 Å². The first kappa shape index (κ1) is 60.8. The second-order valence-electron chi connectivity index (χ2n) is 19.3. The molecule has 2 saturated carbocycles. The van der Waals surface area contributed by atoms with Crippen molar-refractivity contribution in [3.05, 3.63) is 125 Å². The molecule has 2 fully saturated rings. The summed E-state index contributed by atoms with van der Waals surface area (Å²) < 4.78 is 75.3. The maximum Gasteiger partial charge on any atom is 1.00 e. The van der Waals surface area contributed by atoms with Crippen LogP contribution in [0.15, 0.2) is 58.4 Å². The summed E-state index contributed by atoms with van der Waals surface area (Å²) in [6.07, 6.45) is 9.49. The molecule has 10 rings (SSSR count). The van der Waals surface area contributed by atoms with E-state index in [9.17, 15) is 41.8 Å². The van der Waals surface area contributed by atoms with Crippen molar-refractivity contribution in [2.24, 2.45) is 0 Å². The van der Waals surface area contributed by atoms with Gasteiger partial charge in [0.25, 0.3) is 11.8 Å². The minimum atomic E-state index is -0.735. The van der Waals surface area contributed by atoms with Crippen LogP contribution in [-0.2, 0) is 22.3 Å². The van der Waals surface area contributed by atoms with Crippen LogP contribution in [0.1, 0.15) is 121 Å². The molecule has 4 aromatic heterocycles. The standard InChI is InChI=1S/C27H31F2N5O4S.C26H29F2N5O4S.ClH.Li/c1-5-33-26(36)22-24(37-4)23(35)19(15-34(22)32(3)27(33)11-9-18(10-12-27)38-6-2)25-31-30-21(39-25)13-16-7-8-17(28)14-20(16)29;1-4-32-25(36)21-23(35)22(34)18(14-33(21)31(3)26(32)10-8-17(9-11-26)37-5-2)24-30-29-20(38-24)12-15-6-7-16(27)13-19(15)28;;/h7-8,14-15,18H,5-6,9-13H2,1-4H3;6-7,13-14,17,35H,4-5,8-12H2,1-3H3;1H;/q;;;+1/p-1. The third-order valence-corrected chi connectivity index (χ3v) is 17.2. The van der Waals surface area contributed by atoms with Crippen LogP contribution in [0.3, 0.4) is 0 Å². The maximum absolute atomic E-state index is 14.2. The van der Waals surface area contributed by atoms with Gasteiger partial charge in [0.2, 0.25) is 10.9 Å². The monoisotopic (exact) mass is 1150 g/mol. The molecule has 0 bridgehead atoms. The van der Waals surface area contributed by atoms with Gasteiger partial charge in [0, 0.05) is 77.8 Å². The number of benzene rings is 2. The van der Waals surface area contributed by atoms with Gasteiger partial charge >= 0.3 is 18.9 Å². The first-order valence-electron chi connectivity index (χ1n) is 25.6. The van der Waals surface area contributed by atoms with Gasteiger partial charge in [-0.05, 0) is 102 Å². The molecule has 79 heavy (non-hydrogen) atoms. The summed E-state index contributed by atoms with van der Waals surface area (Å²) in [5.74, 6) is -4.11. The van der Waals surface area contributed by atoms with E-state index in [-0.39, 0.29) is 107 Å². The fourth-order valence-corrected chi connectivity index (χ4v) is 13.2. The number of amides is 2. The smallest absolute Gasteiger partial charge is 1.00 e. The zero-order chi connectivity index (χ0) is 55.1. The summed E-state index contributed by atoms with van der Waals surface area (Å²) in [6.45, 7) is 9.92. The van der Waals surface area contributed by atoms with Crippen molar-refractivity contribution in [3.8, 4) is 32.6 Å². The number of methoxy groups -OCH3 is 1. The molecule has 18 nitrogen and oxygen atoms in total. The summed E-state index contributed by atoms with van der Waals surface area (Å²) in [5, 5.41) is 32.8. The Bertz CT molecular complexity index is 3330. The summed E-state index contributed by atoms with van der Waals surface area (Å²) in [7, 11) is 5.12. The van der Waals surface area contributed by atoms with Gasteiger partial charge in [0.15, 0.2) is 32.9 Å². The van der Waals surface area contributed by atoms with Crippen LogP contribution in [0.2, 0.25) is 0 Å². The first-order valence-corrected chi connectivity index (χ1v) is 27.3. The number of ether oxygens (including phenoxy) is 3. The van der Waals surface area contributed by atoms with E-state index in [1.54, 1.807) is 20.4 Å². The van der Waals surface area contributed by atoms with E-state index in [0.717, 1.165) is 60.5 Å².